The molecule has 3 aromatic rings. The lowest BCUT2D eigenvalue weighted by molar-refractivity contribution is 0.415. The van der Waals surface area contributed by atoms with Crippen molar-refractivity contribution < 1.29 is 4.74 Å². The van der Waals surface area contributed by atoms with Gasteiger partial charge in [0.2, 0.25) is 0 Å². The maximum Gasteiger partial charge on any atom is 0.119 e. The highest BCUT2D eigenvalue weighted by Crippen LogP contribution is 2.30. The van der Waals surface area contributed by atoms with Gasteiger partial charge in [-0.2, -0.15) is 0 Å². The second-order valence-corrected chi connectivity index (χ2v) is 4.60. The van der Waals surface area contributed by atoms with Gasteiger partial charge in [0.15, 0.2) is 0 Å². The van der Waals surface area contributed by atoms with Crippen LogP contribution in [0, 0.1) is 0 Å². The van der Waals surface area contributed by atoms with Crippen LogP contribution in [-0.4, -0.2) is 19.1 Å². The van der Waals surface area contributed by atoms with E-state index in [2.05, 4.69) is 29.1 Å². The Balaban J connectivity index is 2.05. The number of aromatic nitrogens is 1. The zero-order chi connectivity index (χ0) is 13.9. The molecule has 0 bridgehead atoms. The van der Waals surface area contributed by atoms with Gasteiger partial charge in [-0.15, -0.1) is 0 Å². The molecule has 0 amide bonds. The van der Waals surface area contributed by atoms with Gasteiger partial charge in [-0.25, -0.2) is 0 Å². The minimum Gasteiger partial charge on any atom is -0.497 e. The maximum absolute atomic E-state index is 5.20. The summed E-state index contributed by atoms with van der Waals surface area (Å²) in [6, 6.07) is 18.3. The molecule has 0 fully saturated rings. The summed E-state index contributed by atoms with van der Waals surface area (Å²) in [7, 11) is 3.73. The minimum absolute atomic E-state index is 0.863. The Morgan fingerprint density at radius 1 is 0.950 bits per heavy atom. The molecule has 1 aromatic heterocycles. The van der Waals surface area contributed by atoms with E-state index < -0.39 is 0 Å². The third-order valence-electron chi connectivity index (χ3n) is 3.44. The van der Waals surface area contributed by atoms with Crippen LogP contribution in [0.5, 0.6) is 5.75 Å². The molecular weight excluding hydrogens is 248 g/mol. The van der Waals surface area contributed by atoms with E-state index in [-0.39, 0.29) is 0 Å². The monoisotopic (exact) mass is 264 g/mol. The van der Waals surface area contributed by atoms with Gasteiger partial charge in [0.05, 0.1) is 18.3 Å². The molecule has 1 heterocycles. The number of hydrogen-bond acceptors (Lipinski definition) is 3. The van der Waals surface area contributed by atoms with E-state index >= 15 is 0 Å². The predicted molar refractivity (Wildman–Crippen MR) is 82.8 cm³/mol. The Morgan fingerprint density at radius 3 is 2.50 bits per heavy atom. The maximum atomic E-state index is 5.20. The van der Waals surface area contributed by atoms with Crippen LogP contribution in [0.4, 0.5) is 11.4 Å². The van der Waals surface area contributed by atoms with Crippen molar-refractivity contribution in [3.8, 4) is 5.75 Å². The first kappa shape index (κ1) is 12.5. The molecule has 0 atom stereocenters. The largest absolute Gasteiger partial charge is 0.497 e. The first-order chi connectivity index (χ1) is 9.79. The van der Waals surface area contributed by atoms with Gasteiger partial charge in [-0.1, -0.05) is 6.07 Å². The van der Waals surface area contributed by atoms with Crippen molar-refractivity contribution in [1.29, 1.82) is 0 Å². The topological polar surface area (TPSA) is 25.4 Å². The van der Waals surface area contributed by atoms with E-state index in [1.807, 2.05) is 48.7 Å². The lowest BCUT2D eigenvalue weighted by atomic mass is 10.1. The molecule has 2 aromatic carbocycles. The number of benzene rings is 2. The van der Waals surface area contributed by atoms with Crippen molar-refractivity contribution in [1.82, 2.24) is 4.98 Å². The molecule has 0 aliphatic carbocycles. The molecule has 3 nitrogen and oxygen atoms in total. The number of hydrogen-bond donors (Lipinski definition) is 0. The van der Waals surface area contributed by atoms with E-state index in [0.29, 0.717) is 0 Å². The number of fused-ring (bicyclic) bond motifs is 1. The standard InChI is InChI=1S/C17H16N2O/c1-19(13-8-10-14(20-2)11-9-13)17-7-3-6-16-15(17)5-4-12-18-16/h3-12H,1-2H3. The Labute approximate surface area is 118 Å². The van der Waals surface area contributed by atoms with Crippen molar-refractivity contribution in [2.45, 2.75) is 0 Å². The van der Waals surface area contributed by atoms with Gasteiger partial charge < -0.3 is 9.64 Å². The van der Waals surface area contributed by atoms with Crippen LogP contribution in [0.15, 0.2) is 60.8 Å². The molecule has 0 saturated heterocycles. The molecule has 0 radical (unpaired) electrons. The van der Waals surface area contributed by atoms with E-state index in [1.165, 1.54) is 0 Å². The Bertz CT molecular complexity index is 717. The molecule has 20 heavy (non-hydrogen) atoms. The van der Waals surface area contributed by atoms with Gasteiger partial charge in [0.25, 0.3) is 0 Å². The fourth-order valence-electron chi connectivity index (χ4n) is 2.32. The number of pyridine rings is 1. The first-order valence-corrected chi connectivity index (χ1v) is 6.51. The average molecular weight is 264 g/mol. The number of ether oxygens (including phenoxy) is 1. The second kappa shape index (κ2) is 5.21. The van der Waals surface area contributed by atoms with Crippen molar-refractivity contribution in [2.75, 3.05) is 19.1 Å². The number of methoxy groups -OCH3 is 1. The SMILES string of the molecule is COc1ccc(N(C)c2cccc3ncccc23)cc1. The van der Waals surface area contributed by atoms with E-state index in [1.54, 1.807) is 7.11 Å². The summed E-state index contributed by atoms with van der Waals surface area (Å²) in [6.07, 6.45) is 1.82. The third-order valence-corrected chi connectivity index (χ3v) is 3.44. The molecule has 0 spiro atoms. The number of nitrogens with zero attached hydrogens (tertiary/aromatic N) is 2. The molecule has 0 aliphatic rings. The Morgan fingerprint density at radius 2 is 1.75 bits per heavy atom. The quantitative estimate of drug-likeness (QED) is 0.714. The molecule has 3 heteroatoms. The van der Waals surface area contributed by atoms with Gasteiger partial charge in [-0.3, -0.25) is 4.98 Å². The molecular formula is C17H16N2O. The molecule has 0 aliphatic heterocycles. The van der Waals surface area contributed by atoms with Gasteiger partial charge >= 0.3 is 0 Å². The van der Waals surface area contributed by atoms with Crippen molar-refractivity contribution >= 4 is 22.3 Å². The van der Waals surface area contributed by atoms with E-state index in [0.717, 1.165) is 28.0 Å². The van der Waals surface area contributed by atoms with Crippen LogP contribution in [0.25, 0.3) is 10.9 Å². The zero-order valence-electron chi connectivity index (χ0n) is 11.6. The Kier molecular flexibility index (Phi) is 3.25. The fourth-order valence-corrected chi connectivity index (χ4v) is 2.32. The first-order valence-electron chi connectivity index (χ1n) is 6.51. The smallest absolute Gasteiger partial charge is 0.119 e. The normalized spacial score (nSPS) is 10.5. The highest BCUT2D eigenvalue weighted by molar-refractivity contribution is 5.93. The molecule has 0 saturated carbocycles. The van der Waals surface area contributed by atoms with Crippen LogP contribution in [-0.2, 0) is 0 Å². The lowest BCUT2D eigenvalue weighted by Gasteiger charge is -2.21. The minimum atomic E-state index is 0.863. The fraction of sp³-hybridized carbons (Fsp3) is 0.118. The second-order valence-electron chi connectivity index (χ2n) is 4.60. The van der Waals surface area contributed by atoms with Crippen LogP contribution < -0.4 is 9.64 Å². The highest BCUT2D eigenvalue weighted by atomic mass is 16.5. The Hall–Kier alpha value is -2.55. The van der Waals surface area contributed by atoms with E-state index in [4.69, 9.17) is 4.74 Å². The van der Waals surface area contributed by atoms with Crippen molar-refractivity contribution in [2.24, 2.45) is 0 Å². The van der Waals surface area contributed by atoms with Gasteiger partial charge in [-0.05, 0) is 48.5 Å². The third kappa shape index (κ3) is 2.18. The molecule has 3 rings (SSSR count). The van der Waals surface area contributed by atoms with Crippen LogP contribution in [0.1, 0.15) is 0 Å². The van der Waals surface area contributed by atoms with Crippen molar-refractivity contribution in [3.63, 3.8) is 0 Å². The molecule has 100 valence electrons. The summed E-state index contributed by atoms with van der Waals surface area (Å²) in [5, 5.41) is 1.15. The zero-order valence-corrected chi connectivity index (χ0v) is 11.6. The van der Waals surface area contributed by atoms with Crippen molar-refractivity contribution in [3.05, 3.63) is 60.8 Å². The van der Waals surface area contributed by atoms with Crippen LogP contribution in [0.3, 0.4) is 0 Å². The average Bonchev–Trinajstić information content (AvgIpc) is 2.54. The predicted octanol–water partition coefficient (Wildman–Crippen LogP) is 4.01. The summed E-state index contributed by atoms with van der Waals surface area (Å²) in [6.45, 7) is 0. The summed E-state index contributed by atoms with van der Waals surface area (Å²) in [5.74, 6) is 0.863. The number of rotatable bonds is 3. The molecule has 0 unspecified atom stereocenters. The number of anilines is 2. The van der Waals surface area contributed by atoms with Gasteiger partial charge in [0.1, 0.15) is 5.75 Å². The van der Waals surface area contributed by atoms with E-state index in [9.17, 15) is 0 Å². The highest BCUT2D eigenvalue weighted by Gasteiger charge is 2.08. The molecule has 0 N–H and O–H groups in total. The summed E-state index contributed by atoms with van der Waals surface area (Å²) in [5.41, 5.74) is 3.26. The van der Waals surface area contributed by atoms with Gasteiger partial charge in [0, 0.05) is 24.3 Å². The van der Waals surface area contributed by atoms with Crippen LogP contribution in [0.2, 0.25) is 0 Å². The summed E-state index contributed by atoms with van der Waals surface area (Å²) < 4.78 is 5.20. The van der Waals surface area contributed by atoms with Crippen LogP contribution >= 0.6 is 0 Å². The summed E-state index contributed by atoms with van der Waals surface area (Å²) >= 11 is 0. The lowest BCUT2D eigenvalue weighted by Crippen LogP contribution is -2.09. The summed E-state index contributed by atoms with van der Waals surface area (Å²) in [4.78, 5) is 6.55.